The molecule has 9 nitrogen and oxygen atoms in total. The molecule has 0 fully saturated rings. The number of imidazole rings is 1. The van der Waals surface area contributed by atoms with Crippen molar-refractivity contribution in [1.29, 1.82) is 0 Å². The van der Waals surface area contributed by atoms with Gasteiger partial charge >= 0.3 is 11.7 Å². The third kappa shape index (κ3) is 6.36. The van der Waals surface area contributed by atoms with Crippen molar-refractivity contribution in [3.63, 3.8) is 0 Å². The molecule has 0 aliphatic rings. The number of aryl methyl sites for hydroxylation is 3. The van der Waals surface area contributed by atoms with Crippen LogP contribution in [0, 0.1) is 12.8 Å². The average Bonchev–Trinajstić information content (AvgIpc) is 3.13. The highest BCUT2D eigenvalue weighted by Gasteiger charge is 2.20. The highest BCUT2D eigenvalue weighted by molar-refractivity contribution is 5.72. The molecule has 0 amide bonds. The zero-order valence-electron chi connectivity index (χ0n) is 20.4. The Bertz CT molecular complexity index is 1240. The van der Waals surface area contributed by atoms with Crippen LogP contribution < -0.4 is 16.0 Å². The number of H-pyrrole nitrogens is 1. The number of fused-ring (bicyclic) bond motifs is 1. The Labute approximate surface area is 198 Å². The first-order valence-corrected chi connectivity index (χ1v) is 11.9. The Morgan fingerprint density at radius 3 is 2.68 bits per heavy atom. The summed E-state index contributed by atoms with van der Waals surface area (Å²) in [4.78, 5) is 44.4. The summed E-state index contributed by atoms with van der Waals surface area (Å²) in [6.45, 7) is 9.54. The number of benzene rings is 1. The van der Waals surface area contributed by atoms with Crippen LogP contribution in [0.2, 0.25) is 0 Å². The van der Waals surface area contributed by atoms with Crippen molar-refractivity contribution in [2.24, 2.45) is 5.92 Å². The fourth-order valence-electron chi connectivity index (χ4n) is 3.80. The van der Waals surface area contributed by atoms with Crippen molar-refractivity contribution in [2.45, 2.75) is 66.5 Å². The molecular formula is C25H34N4O5. The Hall–Kier alpha value is -3.36. The highest BCUT2D eigenvalue weighted by atomic mass is 16.6. The summed E-state index contributed by atoms with van der Waals surface area (Å²) in [6, 6.07) is 7.67. The molecule has 0 bridgehead atoms. The van der Waals surface area contributed by atoms with E-state index in [0.717, 1.165) is 24.2 Å². The quantitative estimate of drug-likeness (QED) is 0.322. The molecule has 1 N–H and O–H groups in total. The molecule has 2 heterocycles. The molecule has 0 saturated heterocycles. The minimum atomic E-state index is -0.459. The normalized spacial score (nSPS) is 11.3. The predicted molar refractivity (Wildman–Crippen MR) is 130 cm³/mol. The van der Waals surface area contributed by atoms with Crippen LogP contribution in [0.5, 0.6) is 5.75 Å². The smallest absolute Gasteiger partial charge is 0.330 e. The first-order valence-electron chi connectivity index (χ1n) is 11.9. The minimum Gasteiger partial charge on any atom is -0.490 e. The summed E-state index contributed by atoms with van der Waals surface area (Å²) in [5.74, 6) is 1.21. The van der Waals surface area contributed by atoms with Crippen LogP contribution in [0.25, 0.3) is 11.2 Å². The van der Waals surface area contributed by atoms with Crippen LogP contribution in [-0.2, 0) is 29.0 Å². The molecule has 9 heteroatoms. The van der Waals surface area contributed by atoms with Crippen LogP contribution in [0.4, 0.5) is 0 Å². The van der Waals surface area contributed by atoms with Gasteiger partial charge in [-0.15, -0.1) is 0 Å². The molecule has 0 atom stereocenters. The van der Waals surface area contributed by atoms with E-state index in [1.54, 1.807) is 0 Å². The van der Waals surface area contributed by atoms with Crippen LogP contribution in [0.1, 0.15) is 51.4 Å². The van der Waals surface area contributed by atoms with E-state index in [-0.39, 0.29) is 31.5 Å². The molecule has 3 aromatic rings. The number of carbonyl (C=O) groups excluding carboxylic acids is 1. The number of aromatic amines is 1. The number of nitrogens with zero attached hydrogens (tertiary/aromatic N) is 3. The summed E-state index contributed by atoms with van der Waals surface area (Å²) < 4.78 is 14.3. The highest BCUT2D eigenvalue weighted by Crippen LogP contribution is 2.16. The van der Waals surface area contributed by atoms with Crippen LogP contribution >= 0.6 is 0 Å². The van der Waals surface area contributed by atoms with Gasteiger partial charge in [-0.3, -0.25) is 19.1 Å². The van der Waals surface area contributed by atoms with E-state index in [1.165, 1.54) is 4.57 Å². The van der Waals surface area contributed by atoms with Gasteiger partial charge in [-0.1, -0.05) is 39.3 Å². The summed E-state index contributed by atoms with van der Waals surface area (Å²) >= 11 is 0. The summed E-state index contributed by atoms with van der Waals surface area (Å²) in [6.07, 6.45) is 2.12. The number of esters is 1. The molecule has 0 aliphatic heterocycles. The number of rotatable bonds is 12. The standard InChI is InChI=1S/C25H34N4O5/c1-5-6-12-28-23-22(24(31)27-25(28)32)29(16-17(2)3)20(26-23)10-11-21(30)34-14-13-33-19-9-7-8-18(4)15-19/h7-9,15,17H,5-6,10-14,16H2,1-4H3,(H,27,31,32). The van der Waals surface area contributed by atoms with Crippen molar-refractivity contribution in [3.05, 3.63) is 56.5 Å². The van der Waals surface area contributed by atoms with E-state index in [0.29, 0.717) is 36.5 Å². The summed E-state index contributed by atoms with van der Waals surface area (Å²) in [5, 5.41) is 0. The van der Waals surface area contributed by atoms with E-state index >= 15 is 0 Å². The van der Waals surface area contributed by atoms with Gasteiger partial charge in [-0.25, -0.2) is 9.78 Å². The number of hydrogen-bond acceptors (Lipinski definition) is 6. The van der Waals surface area contributed by atoms with E-state index in [4.69, 9.17) is 9.47 Å². The second-order valence-electron chi connectivity index (χ2n) is 8.85. The van der Waals surface area contributed by atoms with Gasteiger partial charge < -0.3 is 14.0 Å². The fourth-order valence-corrected chi connectivity index (χ4v) is 3.80. The number of unbranched alkanes of at least 4 members (excludes halogenated alkanes) is 1. The zero-order chi connectivity index (χ0) is 24.7. The Morgan fingerprint density at radius 1 is 1.18 bits per heavy atom. The maximum atomic E-state index is 12.7. The lowest BCUT2D eigenvalue weighted by Crippen LogP contribution is -2.31. The van der Waals surface area contributed by atoms with E-state index < -0.39 is 11.2 Å². The first kappa shape index (κ1) is 25.3. The lowest BCUT2D eigenvalue weighted by atomic mass is 10.2. The second-order valence-corrected chi connectivity index (χ2v) is 8.85. The SMILES string of the molecule is CCCCn1c(=O)[nH]c(=O)c2c1nc(CCC(=O)OCCOc1cccc(C)c1)n2CC(C)C. The molecule has 1 aromatic carbocycles. The minimum absolute atomic E-state index is 0.114. The molecule has 3 rings (SSSR count). The van der Waals surface area contributed by atoms with Gasteiger partial charge in [0.05, 0.1) is 6.42 Å². The maximum Gasteiger partial charge on any atom is 0.330 e. The fraction of sp³-hybridized carbons (Fsp3) is 0.520. The molecule has 34 heavy (non-hydrogen) atoms. The lowest BCUT2D eigenvalue weighted by Gasteiger charge is -2.11. The van der Waals surface area contributed by atoms with Crippen molar-refractivity contribution in [2.75, 3.05) is 13.2 Å². The molecule has 0 radical (unpaired) electrons. The summed E-state index contributed by atoms with van der Waals surface area (Å²) in [7, 11) is 0. The van der Waals surface area contributed by atoms with E-state index in [2.05, 4.69) is 9.97 Å². The number of ether oxygens (including phenoxy) is 2. The topological polar surface area (TPSA) is 108 Å². The van der Waals surface area contributed by atoms with Crippen molar-refractivity contribution in [1.82, 2.24) is 19.1 Å². The van der Waals surface area contributed by atoms with Gasteiger partial charge in [0, 0.05) is 19.5 Å². The second kappa shape index (κ2) is 11.7. The molecule has 0 spiro atoms. The first-order chi connectivity index (χ1) is 16.3. The molecule has 0 aliphatic carbocycles. The average molecular weight is 471 g/mol. The Balaban J connectivity index is 1.70. The molecule has 184 valence electrons. The summed E-state index contributed by atoms with van der Waals surface area (Å²) in [5.41, 5.74) is 0.928. The van der Waals surface area contributed by atoms with E-state index in [9.17, 15) is 14.4 Å². The number of hydrogen-bond donors (Lipinski definition) is 1. The van der Waals surface area contributed by atoms with Gasteiger partial charge in [0.1, 0.15) is 24.8 Å². The molecule has 2 aromatic heterocycles. The predicted octanol–water partition coefficient (Wildman–Crippen LogP) is 3.21. The number of aromatic nitrogens is 4. The third-order valence-electron chi connectivity index (χ3n) is 5.40. The molecular weight excluding hydrogens is 436 g/mol. The van der Waals surface area contributed by atoms with Crippen LogP contribution in [0.3, 0.4) is 0 Å². The monoisotopic (exact) mass is 470 g/mol. The Kier molecular flexibility index (Phi) is 8.67. The third-order valence-corrected chi connectivity index (χ3v) is 5.40. The van der Waals surface area contributed by atoms with Crippen LogP contribution in [-0.4, -0.2) is 38.3 Å². The van der Waals surface area contributed by atoms with Crippen LogP contribution in [0.15, 0.2) is 33.9 Å². The van der Waals surface area contributed by atoms with Crippen molar-refractivity contribution >= 4 is 17.1 Å². The Morgan fingerprint density at radius 2 is 1.97 bits per heavy atom. The van der Waals surface area contributed by atoms with Gasteiger partial charge in [0.15, 0.2) is 11.2 Å². The van der Waals surface area contributed by atoms with Gasteiger partial charge in [0.25, 0.3) is 5.56 Å². The van der Waals surface area contributed by atoms with Crippen molar-refractivity contribution in [3.8, 4) is 5.75 Å². The number of nitrogens with one attached hydrogen (secondary N) is 1. The van der Waals surface area contributed by atoms with Gasteiger partial charge in [-0.2, -0.15) is 0 Å². The van der Waals surface area contributed by atoms with E-state index in [1.807, 2.05) is 56.5 Å². The van der Waals surface area contributed by atoms with Gasteiger partial charge in [-0.05, 0) is 37.0 Å². The molecule has 0 unspecified atom stereocenters. The lowest BCUT2D eigenvalue weighted by molar-refractivity contribution is -0.144. The largest absolute Gasteiger partial charge is 0.490 e. The van der Waals surface area contributed by atoms with Crippen molar-refractivity contribution < 1.29 is 14.3 Å². The zero-order valence-corrected chi connectivity index (χ0v) is 20.4. The van der Waals surface area contributed by atoms with Gasteiger partial charge in [0.2, 0.25) is 0 Å². The molecule has 0 saturated carbocycles. The number of carbonyl (C=O) groups is 1. The maximum absolute atomic E-state index is 12.7.